The molecular formula is C28H26F2N4O4. The molecule has 0 aromatic heterocycles. The fourth-order valence-electron chi connectivity index (χ4n) is 4.56. The fourth-order valence-corrected chi connectivity index (χ4v) is 4.56. The number of nitrogens with one attached hydrogen (secondary N) is 1. The zero-order valence-electron chi connectivity index (χ0n) is 20.8. The van der Waals surface area contributed by atoms with Gasteiger partial charge in [0.05, 0.1) is 23.8 Å². The molecule has 0 radical (unpaired) electrons. The Kier molecular flexibility index (Phi) is 7.36. The average molecular weight is 521 g/mol. The molecule has 1 aliphatic rings. The lowest BCUT2D eigenvalue weighted by atomic mass is 9.85. The first-order chi connectivity index (χ1) is 18.0. The highest BCUT2D eigenvalue weighted by Crippen LogP contribution is 2.34. The Balaban J connectivity index is 1.69. The van der Waals surface area contributed by atoms with Gasteiger partial charge in [-0.25, -0.2) is 8.78 Å². The minimum atomic E-state index is -2.65. The van der Waals surface area contributed by atoms with E-state index in [1.165, 1.54) is 14.1 Å². The van der Waals surface area contributed by atoms with Crippen LogP contribution in [0.2, 0.25) is 0 Å². The Morgan fingerprint density at radius 2 is 1.34 bits per heavy atom. The number of halogens is 2. The van der Waals surface area contributed by atoms with Crippen LogP contribution < -0.4 is 20.9 Å². The Hall–Kier alpha value is -4.44. The first-order valence-electron chi connectivity index (χ1n) is 11.8. The Bertz CT molecular complexity index is 1350. The fraction of sp³-hybridized carbons (Fsp3) is 0.214. The van der Waals surface area contributed by atoms with E-state index in [4.69, 9.17) is 5.73 Å². The van der Waals surface area contributed by atoms with Crippen molar-refractivity contribution in [3.63, 3.8) is 0 Å². The molecule has 3 amide bonds. The van der Waals surface area contributed by atoms with E-state index in [2.05, 4.69) is 5.32 Å². The van der Waals surface area contributed by atoms with Gasteiger partial charge in [-0.1, -0.05) is 42.5 Å². The predicted octanol–water partition coefficient (Wildman–Crippen LogP) is 2.14. The van der Waals surface area contributed by atoms with E-state index in [9.17, 15) is 28.0 Å². The number of hydrogen-bond donors (Lipinski definition) is 2. The number of fused-ring (bicyclic) bond motifs is 1. The lowest BCUT2D eigenvalue weighted by molar-refractivity contribution is -0.143. The molecule has 10 heteroatoms. The number of carbonyl (C=O) groups is 4. The quantitative estimate of drug-likeness (QED) is 0.464. The van der Waals surface area contributed by atoms with E-state index in [0.29, 0.717) is 23.0 Å². The van der Waals surface area contributed by atoms with Crippen LogP contribution in [0.15, 0.2) is 72.8 Å². The maximum Gasteiger partial charge on any atom is 0.264 e. The molecule has 4 rings (SSSR count). The van der Waals surface area contributed by atoms with Crippen molar-refractivity contribution in [2.24, 2.45) is 5.73 Å². The summed E-state index contributed by atoms with van der Waals surface area (Å²) in [4.78, 5) is 56.3. The average Bonchev–Trinajstić information content (AvgIpc) is 2.94. The van der Waals surface area contributed by atoms with E-state index in [1.807, 2.05) is 0 Å². The lowest BCUT2D eigenvalue weighted by Gasteiger charge is -2.31. The second kappa shape index (κ2) is 10.5. The normalized spacial score (nSPS) is 15.5. The number of hydrogen-bond acceptors (Lipinski definition) is 5. The molecule has 0 bridgehead atoms. The first-order valence-corrected chi connectivity index (χ1v) is 11.8. The summed E-state index contributed by atoms with van der Waals surface area (Å²) in [5, 5.41) is 2.53. The molecule has 1 heterocycles. The summed E-state index contributed by atoms with van der Waals surface area (Å²) < 4.78 is 27.3. The molecule has 3 aromatic rings. The number of nitrogens with two attached hydrogens (primary N) is 1. The Morgan fingerprint density at radius 1 is 0.842 bits per heavy atom. The summed E-state index contributed by atoms with van der Waals surface area (Å²) in [6.45, 7) is 0. The molecule has 1 atom stereocenters. The summed E-state index contributed by atoms with van der Waals surface area (Å²) in [5.74, 6) is -5.38. The zero-order valence-corrected chi connectivity index (χ0v) is 20.8. The molecule has 0 fully saturated rings. The standard InChI is InChI=1S/C28H26F2N4O4/c1-33-22-10-6-7-11-23(22)34(2)27(38)28(31,26(33)37)25(36)21(14-17-8-4-3-5-9-17)32-24(35)15-18-12-19(29)16-20(30)13-18/h3-13,16,21H,14-15,31H2,1-2H3,(H,32,35)/t21-/m0/s1. The van der Waals surface area contributed by atoms with E-state index < -0.39 is 53.1 Å². The number of nitrogens with zero attached hydrogens (tertiary/aromatic N) is 2. The summed E-state index contributed by atoms with van der Waals surface area (Å²) in [7, 11) is 2.82. The molecular weight excluding hydrogens is 494 g/mol. The molecule has 0 spiro atoms. The number of para-hydroxylation sites is 2. The van der Waals surface area contributed by atoms with Gasteiger partial charge < -0.3 is 20.9 Å². The van der Waals surface area contributed by atoms with Gasteiger partial charge in [0.2, 0.25) is 11.4 Å². The Morgan fingerprint density at radius 3 is 1.87 bits per heavy atom. The minimum absolute atomic E-state index is 0.0462. The molecule has 3 N–H and O–H groups in total. The number of rotatable bonds is 7. The maximum absolute atomic E-state index is 14.0. The molecule has 8 nitrogen and oxygen atoms in total. The van der Waals surface area contributed by atoms with Crippen molar-refractivity contribution in [3.05, 3.63) is 95.6 Å². The van der Waals surface area contributed by atoms with Crippen LogP contribution in [0.3, 0.4) is 0 Å². The molecule has 38 heavy (non-hydrogen) atoms. The molecule has 0 unspecified atom stereocenters. The van der Waals surface area contributed by atoms with Crippen molar-refractivity contribution < 1.29 is 28.0 Å². The van der Waals surface area contributed by atoms with Crippen LogP contribution in [0.25, 0.3) is 0 Å². The highest BCUT2D eigenvalue weighted by molar-refractivity contribution is 6.37. The van der Waals surface area contributed by atoms with Crippen LogP contribution in [-0.2, 0) is 32.0 Å². The van der Waals surface area contributed by atoms with Crippen molar-refractivity contribution in [3.8, 4) is 0 Å². The third-order valence-electron chi connectivity index (χ3n) is 6.50. The van der Waals surface area contributed by atoms with E-state index in [1.54, 1.807) is 54.6 Å². The van der Waals surface area contributed by atoms with Crippen molar-refractivity contribution in [1.29, 1.82) is 0 Å². The molecule has 0 aliphatic carbocycles. The Labute approximate surface area is 218 Å². The van der Waals surface area contributed by atoms with E-state index >= 15 is 0 Å². The van der Waals surface area contributed by atoms with Gasteiger partial charge in [0.1, 0.15) is 11.6 Å². The number of carbonyl (C=O) groups excluding carboxylic acids is 4. The van der Waals surface area contributed by atoms with E-state index in [0.717, 1.165) is 21.9 Å². The van der Waals surface area contributed by atoms with Gasteiger partial charge in [-0.05, 0) is 41.8 Å². The minimum Gasteiger partial charge on any atom is -0.346 e. The van der Waals surface area contributed by atoms with Crippen LogP contribution in [0.5, 0.6) is 0 Å². The summed E-state index contributed by atoms with van der Waals surface area (Å²) in [6.07, 6.45) is -0.527. The molecule has 196 valence electrons. The van der Waals surface area contributed by atoms with Crippen LogP contribution in [0.4, 0.5) is 20.2 Å². The third-order valence-corrected chi connectivity index (χ3v) is 6.50. The number of likely N-dealkylation sites (N-methyl/N-ethyl adjacent to an activating group) is 2. The summed E-state index contributed by atoms with van der Waals surface area (Å²) >= 11 is 0. The highest BCUT2D eigenvalue weighted by atomic mass is 19.1. The van der Waals surface area contributed by atoms with Crippen LogP contribution in [0, 0.1) is 11.6 Å². The van der Waals surface area contributed by atoms with Gasteiger partial charge >= 0.3 is 0 Å². The molecule has 1 aliphatic heterocycles. The van der Waals surface area contributed by atoms with Gasteiger partial charge in [0.15, 0.2) is 5.78 Å². The van der Waals surface area contributed by atoms with Crippen LogP contribution in [0.1, 0.15) is 11.1 Å². The van der Waals surface area contributed by atoms with Crippen LogP contribution >= 0.6 is 0 Å². The topological polar surface area (TPSA) is 113 Å². The first kappa shape index (κ1) is 26.6. The monoisotopic (exact) mass is 520 g/mol. The van der Waals surface area contributed by atoms with Gasteiger partial charge in [0.25, 0.3) is 11.8 Å². The largest absolute Gasteiger partial charge is 0.346 e. The summed E-state index contributed by atoms with van der Waals surface area (Å²) in [5.41, 5.74) is 5.17. The zero-order chi connectivity index (χ0) is 27.6. The van der Waals surface area contributed by atoms with Crippen molar-refractivity contribution in [2.45, 2.75) is 24.4 Å². The third kappa shape index (κ3) is 5.03. The molecule has 0 saturated heterocycles. The summed E-state index contributed by atoms with van der Waals surface area (Å²) in [6, 6.07) is 16.5. The van der Waals surface area contributed by atoms with Crippen LogP contribution in [-0.4, -0.2) is 49.2 Å². The van der Waals surface area contributed by atoms with Crippen molar-refractivity contribution in [2.75, 3.05) is 23.9 Å². The van der Waals surface area contributed by atoms with Gasteiger partial charge in [-0.2, -0.15) is 0 Å². The number of ketones is 1. The number of amides is 3. The second-order valence-corrected chi connectivity index (χ2v) is 9.15. The van der Waals surface area contributed by atoms with Crippen molar-refractivity contribution >= 4 is 34.9 Å². The number of benzene rings is 3. The second-order valence-electron chi connectivity index (χ2n) is 9.15. The van der Waals surface area contributed by atoms with Crippen molar-refractivity contribution in [1.82, 2.24) is 5.32 Å². The maximum atomic E-state index is 14.0. The number of anilines is 2. The molecule has 0 saturated carbocycles. The predicted molar refractivity (Wildman–Crippen MR) is 137 cm³/mol. The highest BCUT2D eigenvalue weighted by Gasteiger charge is 2.56. The van der Waals surface area contributed by atoms with Gasteiger partial charge in [-0.15, -0.1) is 0 Å². The lowest BCUT2D eigenvalue weighted by Crippen LogP contribution is -2.71. The van der Waals surface area contributed by atoms with E-state index in [-0.39, 0.29) is 12.0 Å². The SMILES string of the molecule is CN1C(=O)C(N)(C(=O)[C@H](Cc2ccccc2)NC(=O)Cc2cc(F)cc(F)c2)C(=O)N(C)c2ccccc21. The van der Waals surface area contributed by atoms with Gasteiger partial charge in [0, 0.05) is 20.2 Å². The van der Waals surface area contributed by atoms with Gasteiger partial charge in [-0.3, -0.25) is 19.2 Å². The smallest absolute Gasteiger partial charge is 0.264 e. The number of Topliss-reactive ketones (excluding diaryl/α,β-unsaturated/α-hetero) is 1. The molecule has 3 aromatic carbocycles.